The minimum atomic E-state index is -0.331. The van der Waals surface area contributed by atoms with E-state index in [1.54, 1.807) is 17.0 Å². The third-order valence-corrected chi connectivity index (χ3v) is 4.63. The minimum absolute atomic E-state index is 0.0434. The lowest BCUT2D eigenvalue weighted by atomic mass is 10.1. The maximum absolute atomic E-state index is 12.9. The van der Waals surface area contributed by atoms with Crippen molar-refractivity contribution in [2.45, 2.75) is 25.4 Å². The molecule has 5 heteroatoms. The molecular weight excluding hydrogens is 316 g/mol. The van der Waals surface area contributed by atoms with Gasteiger partial charge in [-0.2, -0.15) is 0 Å². The quantitative estimate of drug-likeness (QED) is 0.840. The Morgan fingerprint density at radius 3 is 2.40 bits per heavy atom. The number of carbonyl (C=O) groups is 2. The molecule has 0 bridgehead atoms. The van der Waals surface area contributed by atoms with Gasteiger partial charge >= 0.3 is 6.09 Å². The van der Waals surface area contributed by atoms with Crippen LogP contribution in [0.3, 0.4) is 0 Å². The van der Waals surface area contributed by atoms with Crippen LogP contribution < -0.4 is 4.90 Å². The molecule has 0 radical (unpaired) electrons. The molecule has 1 saturated carbocycles. The molecule has 0 aromatic heterocycles. The van der Waals surface area contributed by atoms with Gasteiger partial charge in [-0.15, -0.1) is 0 Å². The lowest BCUT2D eigenvalue weighted by Gasteiger charge is -2.23. The molecule has 2 aromatic rings. The molecule has 0 atom stereocenters. The topological polar surface area (TPSA) is 49.9 Å². The number of amides is 2. The van der Waals surface area contributed by atoms with Crippen LogP contribution in [0, 0.1) is 0 Å². The van der Waals surface area contributed by atoms with Crippen molar-refractivity contribution in [3.05, 3.63) is 65.7 Å². The van der Waals surface area contributed by atoms with Crippen molar-refractivity contribution < 1.29 is 14.3 Å². The largest absolute Gasteiger partial charge is 0.447 e. The standard InChI is InChI=1S/C20H20N2O3/c23-19(22(18-10-11-18)14-15-4-2-1-3-5-15)16-6-8-17(9-7-16)21-12-13-25-20(21)24/h1-9,18H,10-14H2. The second kappa shape index (κ2) is 6.59. The van der Waals surface area contributed by atoms with E-state index in [0.717, 1.165) is 24.1 Å². The van der Waals surface area contributed by atoms with Crippen molar-refractivity contribution in [3.8, 4) is 0 Å². The first kappa shape index (κ1) is 15.7. The molecule has 1 aliphatic carbocycles. The fourth-order valence-corrected chi connectivity index (χ4v) is 3.11. The second-order valence-corrected chi connectivity index (χ2v) is 6.46. The normalized spacial score (nSPS) is 16.6. The van der Waals surface area contributed by atoms with E-state index in [-0.39, 0.29) is 12.0 Å². The van der Waals surface area contributed by atoms with Crippen molar-refractivity contribution in [1.29, 1.82) is 0 Å². The van der Waals surface area contributed by atoms with Gasteiger partial charge < -0.3 is 9.64 Å². The first-order chi connectivity index (χ1) is 12.2. The monoisotopic (exact) mass is 336 g/mol. The molecule has 128 valence electrons. The van der Waals surface area contributed by atoms with Gasteiger partial charge in [-0.25, -0.2) is 4.79 Å². The fraction of sp³-hybridized carbons (Fsp3) is 0.300. The summed E-state index contributed by atoms with van der Waals surface area (Å²) in [5.74, 6) is 0.0434. The van der Waals surface area contributed by atoms with Crippen LogP contribution in [0.15, 0.2) is 54.6 Å². The summed E-state index contributed by atoms with van der Waals surface area (Å²) < 4.78 is 4.95. The van der Waals surface area contributed by atoms with E-state index in [1.807, 2.05) is 47.4 Å². The van der Waals surface area contributed by atoms with E-state index in [4.69, 9.17) is 4.74 Å². The summed E-state index contributed by atoms with van der Waals surface area (Å²) in [6.07, 6.45) is 1.80. The number of carbonyl (C=O) groups excluding carboxylic acids is 2. The van der Waals surface area contributed by atoms with Crippen molar-refractivity contribution in [2.24, 2.45) is 0 Å². The van der Waals surface area contributed by atoms with E-state index in [1.165, 1.54) is 0 Å². The molecule has 25 heavy (non-hydrogen) atoms. The number of hydrogen-bond acceptors (Lipinski definition) is 3. The lowest BCUT2D eigenvalue weighted by molar-refractivity contribution is 0.0730. The molecule has 2 fully saturated rings. The van der Waals surface area contributed by atoms with Crippen LogP contribution >= 0.6 is 0 Å². The van der Waals surface area contributed by atoms with Crippen LogP contribution in [0.4, 0.5) is 10.5 Å². The highest BCUT2D eigenvalue weighted by Gasteiger charge is 2.33. The van der Waals surface area contributed by atoms with Gasteiger partial charge in [0.15, 0.2) is 0 Å². The minimum Gasteiger partial charge on any atom is -0.447 e. The van der Waals surface area contributed by atoms with E-state index in [2.05, 4.69) is 0 Å². The van der Waals surface area contributed by atoms with Gasteiger partial charge in [-0.05, 0) is 42.7 Å². The Morgan fingerprint density at radius 1 is 1.08 bits per heavy atom. The van der Waals surface area contributed by atoms with Gasteiger partial charge in [-0.3, -0.25) is 9.69 Å². The van der Waals surface area contributed by atoms with E-state index >= 15 is 0 Å². The molecule has 0 unspecified atom stereocenters. The van der Waals surface area contributed by atoms with Crippen molar-refractivity contribution in [2.75, 3.05) is 18.1 Å². The highest BCUT2D eigenvalue weighted by molar-refractivity contribution is 5.96. The smallest absolute Gasteiger partial charge is 0.414 e. The molecule has 4 rings (SSSR count). The predicted molar refractivity (Wildman–Crippen MR) is 94.5 cm³/mol. The van der Waals surface area contributed by atoms with Crippen LogP contribution in [-0.2, 0) is 11.3 Å². The second-order valence-electron chi connectivity index (χ2n) is 6.46. The van der Waals surface area contributed by atoms with Crippen LogP contribution in [-0.4, -0.2) is 36.1 Å². The number of hydrogen-bond donors (Lipinski definition) is 0. The Hall–Kier alpha value is -2.82. The molecule has 2 aromatic carbocycles. The number of benzene rings is 2. The van der Waals surface area contributed by atoms with Crippen LogP contribution in [0.5, 0.6) is 0 Å². The molecule has 2 amide bonds. The van der Waals surface area contributed by atoms with Gasteiger partial charge in [0.2, 0.25) is 0 Å². The number of ether oxygens (including phenoxy) is 1. The summed E-state index contributed by atoms with van der Waals surface area (Å²) in [7, 11) is 0. The molecule has 1 saturated heterocycles. The summed E-state index contributed by atoms with van der Waals surface area (Å²) >= 11 is 0. The predicted octanol–water partition coefficient (Wildman–Crippen LogP) is 3.45. The SMILES string of the molecule is O=C1OCCN1c1ccc(C(=O)N(Cc2ccccc2)C2CC2)cc1. The highest BCUT2D eigenvalue weighted by atomic mass is 16.6. The fourth-order valence-electron chi connectivity index (χ4n) is 3.11. The molecule has 1 heterocycles. The zero-order valence-electron chi connectivity index (χ0n) is 13.9. The first-order valence-electron chi connectivity index (χ1n) is 8.61. The van der Waals surface area contributed by atoms with Crippen molar-refractivity contribution in [3.63, 3.8) is 0 Å². The molecule has 5 nitrogen and oxygen atoms in total. The summed E-state index contributed by atoms with van der Waals surface area (Å²) in [6, 6.07) is 17.6. The Balaban J connectivity index is 1.51. The van der Waals surface area contributed by atoms with E-state index < -0.39 is 0 Å². The third kappa shape index (κ3) is 3.36. The number of nitrogens with zero attached hydrogens (tertiary/aromatic N) is 2. The van der Waals surface area contributed by atoms with Crippen LogP contribution in [0.1, 0.15) is 28.8 Å². The zero-order chi connectivity index (χ0) is 17.2. The van der Waals surface area contributed by atoms with Gasteiger partial charge in [-0.1, -0.05) is 30.3 Å². The Kier molecular flexibility index (Phi) is 4.14. The van der Waals surface area contributed by atoms with Gasteiger partial charge in [0.05, 0.1) is 6.54 Å². The number of cyclic esters (lactones) is 1. The summed E-state index contributed by atoms with van der Waals surface area (Å²) in [5.41, 5.74) is 2.55. The van der Waals surface area contributed by atoms with Crippen LogP contribution in [0.2, 0.25) is 0 Å². The molecular formula is C20H20N2O3. The van der Waals surface area contributed by atoms with Crippen LogP contribution in [0.25, 0.3) is 0 Å². The van der Waals surface area contributed by atoms with Crippen molar-refractivity contribution >= 4 is 17.7 Å². The molecule has 2 aliphatic rings. The van der Waals surface area contributed by atoms with E-state index in [9.17, 15) is 9.59 Å². The molecule has 0 N–H and O–H groups in total. The Morgan fingerprint density at radius 2 is 1.80 bits per heavy atom. The average Bonchev–Trinajstić information content (AvgIpc) is 3.41. The Bertz CT molecular complexity index is 769. The zero-order valence-corrected chi connectivity index (χ0v) is 13.9. The third-order valence-electron chi connectivity index (χ3n) is 4.63. The lowest BCUT2D eigenvalue weighted by Crippen LogP contribution is -2.32. The summed E-state index contributed by atoms with van der Waals surface area (Å²) in [5, 5.41) is 0. The molecule has 1 aliphatic heterocycles. The van der Waals surface area contributed by atoms with Gasteiger partial charge in [0, 0.05) is 23.8 Å². The summed E-state index contributed by atoms with van der Waals surface area (Å²) in [6.45, 7) is 1.59. The van der Waals surface area contributed by atoms with Gasteiger partial charge in [0.1, 0.15) is 6.61 Å². The summed E-state index contributed by atoms with van der Waals surface area (Å²) in [4.78, 5) is 28.1. The average molecular weight is 336 g/mol. The molecule has 0 spiro atoms. The first-order valence-corrected chi connectivity index (χ1v) is 8.61. The maximum Gasteiger partial charge on any atom is 0.414 e. The maximum atomic E-state index is 12.9. The van der Waals surface area contributed by atoms with E-state index in [0.29, 0.717) is 31.3 Å². The van der Waals surface area contributed by atoms with Gasteiger partial charge in [0.25, 0.3) is 5.91 Å². The number of rotatable bonds is 5. The number of anilines is 1. The Labute approximate surface area is 146 Å². The van der Waals surface area contributed by atoms with Crippen molar-refractivity contribution in [1.82, 2.24) is 4.90 Å². The highest BCUT2D eigenvalue weighted by Crippen LogP contribution is 2.30.